The second-order valence-corrected chi connectivity index (χ2v) is 5.61. The zero-order valence-electron chi connectivity index (χ0n) is 10.6. The van der Waals surface area contributed by atoms with Crippen molar-refractivity contribution in [2.24, 2.45) is 5.41 Å². The highest BCUT2D eigenvalue weighted by Crippen LogP contribution is 2.17. The average Bonchev–Trinajstić information content (AvgIpc) is 2.27. The lowest BCUT2D eigenvalue weighted by atomic mass is 9.95. The van der Waals surface area contributed by atoms with E-state index in [1.54, 1.807) is 0 Å². The molecule has 1 aromatic rings. The molecule has 0 N–H and O–H groups in total. The van der Waals surface area contributed by atoms with Gasteiger partial charge in [0.05, 0.1) is 0 Å². The average molecular weight is 237 g/mol. The molecular formula is C14H23NS. The molecule has 0 amide bonds. The summed E-state index contributed by atoms with van der Waals surface area (Å²) < 4.78 is 0. The minimum atomic E-state index is 0.300. The topological polar surface area (TPSA) is 3.24 Å². The van der Waals surface area contributed by atoms with Crippen LogP contribution in [0.5, 0.6) is 0 Å². The van der Waals surface area contributed by atoms with Crippen molar-refractivity contribution in [1.82, 2.24) is 4.90 Å². The number of rotatable bonds is 6. The largest absolute Gasteiger partial charge is 0.305 e. The molecule has 2 heteroatoms. The van der Waals surface area contributed by atoms with Crippen molar-refractivity contribution >= 4 is 12.6 Å². The molecule has 0 unspecified atom stereocenters. The predicted octanol–water partition coefficient (Wildman–Crippen LogP) is 3.12. The number of hydrogen-bond donors (Lipinski definition) is 1. The van der Waals surface area contributed by atoms with Crippen molar-refractivity contribution < 1.29 is 0 Å². The van der Waals surface area contributed by atoms with Gasteiger partial charge in [0.2, 0.25) is 0 Å². The van der Waals surface area contributed by atoms with Crippen molar-refractivity contribution in [3.05, 3.63) is 35.9 Å². The molecule has 0 saturated carbocycles. The fraction of sp³-hybridized carbons (Fsp3) is 0.571. The molecule has 0 bridgehead atoms. The highest BCUT2D eigenvalue weighted by molar-refractivity contribution is 7.80. The van der Waals surface area contributed by atoms with Crippen LogP contribution in [0.2, 0.25) is 0 Å². The van der Waals surface area contributed by atoms with E-state index in [-0.39, 0.29) is 0 Å². The Morgan fingerprint density at radius 3 is 2.38 bits per heavy atom. The first-order chi connectivity index (χ1) is 7.53. The Kier molecular flexibility index (Phi) is 5.36. The van der Waals surface area contributed by atoms with Gasteiger partial charge in [0.15, 0.2) is 0 Å². The van der Waals surface area contributed by atoms with Gasteiger partial charge in [-0.25, -0.2) is 0 Å². The van der Waals surface area contributed by atoms with Gasteiger partial charge in [-0.2, -0.15) is 12.6 Å². The molecule has 0 aliphatic heterocycles. The Morgan fingerprint density at radius 1 is 1.19 bits per heavy atom. The van der Waals surface area contributed by atoms with E-state index in [9.17, 15) is 0 Å². The zero-order chi connectivity index (χ0) is 12.0. The lowest BCUT2D eigenvalue weighted by molar-refractivity contribution is 0.233. The summed E-state index contributed by atoms with van der Waals surface area (Å²) in [6.07, 6.45) is 1.12. The van der Waals surface area contributed by atoms with Crippen LogP contribution in [-0.2, 0) is 6.42 Å². The van der Waals surface area contributed by atoms with E-state index in [1.165, 1.54) is 5.56 Å². The highest BCUT2D eigenvalue weighted by Gasteiger charge is 2.17. The van der Waals surface area contributed by atoms with E-state index in [2.05, 4.69) is 68.8 Å². The molecule has 0 fully saturated rings. The van der Waals surface area contributed by atoms with Crippen LogP contribution in [0.15, 0.2) is 30.3 Å². The fourth-order valence-corrected chi connectivity index (χ4v) is 1.92. The number of thiol groups is 1. The van der Waals surface area contributed by atoms with Crippen LogP contribution in [0.1, 0.15) is 19.4 Å². The van der Waals surface area contributed by atoms with Gasteiger partial charge in [-0.1, -0.05) is 44.2 Å². The van der Waals surface area contributed by atoms with Gasteiger partial charge in [0, 0.05) is 13.1 Å². The lowest BCUT2D eigenvalue weighted by Crippen LogP contribution is -2.33. The van der Waals surface area contributed by atoms with Gasteiger partial charge < -0.3 is 4.90 Å². The van der Waals surface area contributed by atoms with E-state index in [4.69, 9.17) is 0 Å². The van der Waals surface area contributed by atoms with Crippen LogP contribution in [0.25, 0.3) is 0 Å². The van der Waals surface area contributed by atoms with E-state index in [1.807, 2.05) is 0 Å². The summed E-state index contributed by atoms with van der Waals surface area (Å²) in [5.41, 5.74) is 1.71. The molecule has 0 radical (unpaired) electrons. The molecule has 1 nitrogen and oxygen atoms in total. The maximum atomic E-state index is 4.39. The molecule has 0 saturated heterocycles. The smallest absolute Gasteiger partial charge is 0.00376 e. The first-order valence-corrected chi connectivity index (χ1v) is 6.50. The summed E-state index contributed by atoms with van der Waals surface area (Å²) in [7, 11) is 2.19. The van der Waals surface area contributed by atoms with Gasteiger partial charge in [-0.3, -0.25) is 0 Å². The number of nitrogens with zero attached hydrogens (tertiary/aromatic N) is 1. The first kappa shape index (κ1) is 13.6. The van der Waals surface area contributed by atoms with E-state index < -0.39 is 0 Å². The Morgan fingerprint density at radius 2 is 1.81 bits per heavy atom. The van der Waals surface area contributed by atoms with Crippen LogP contribution in [0.3, 0.4) is 0 Å². The van der Waals surface area contributed by atoms with Crippen LogP contribution in [-0.4, -0.2) is 30.8 Å². The third kappa shape index (κ3) is 5.04. The predicted molar refractivity (Wildman–Crippen MR) is 75.3 cm³/mol. The van der Waals surface area contributed by atoms with Crippen molar-refractivity contribution in [3.63, 3.8) is 0 Å². The maximum Gasteiger partial charge on any atom is 0.00376 e. The summed E-state index contributed by atoms with van der Waals surface area (Å²) in [6, 6.07) is 10.7. The summed E-state index contributed by atoms with van der Waals surface area (Å²) in [5, 5.41) is 0. The molecule has 0 atom stereocenters. The second kappa shape index (κ2) is 6.31. The monoisotopic (exact) mass is 237 g/mol. The molecule has 0 heterocycles. The van der Waals surface area contributed by atoms with Gasteiger partial charge in [0.25, 0.3) is 0 Å². The Hall–Kier alpha value is -0.470. The standard InChI is InChI=1S/C14H23NS/c1-14(2,12-16)11-15(3)10-9-13-7-5-4-6-8-13/h4-8,16H,9-12H2,1-3H3. The van der Waals surface area contributed by atoms with Gasteiger partial charge in [-0.15, -0.1) is 0 Å². The number of likely N-dealkylation sites (N-methyl/N-ethyl adjacent to an activating group) is 1. The van der Waals surface area contributed by atoms with Crippen molar-refractivity contribution in [3.8, 4) is 0 Å². The second-order valence-electron chi connectivity index (χ2n) is 5.30. The van der Waals surface area contributed by atoms with Crippen LogP contribution in [0, 0.1) is 5.41 Å². The van der Waals surface area contributed by atoms with E-state index >= 15 is 0 Å². The third-order valence-electron chi connectivity index (χ3n) is 2.75. The number of benzene rings is 1. The third-order valence-corrected chi connectivity index (χ3v) is 3.61. The SMILES string of the molecule is CN(CCc1ccccc1)CC(C)(C)CS. The van der Waals surface area contributed by atoms with Gasteiger partial charge in [-0.05, 0) is 30.2 Å². The Bertz CT molecular complexity index is 295. The normalized spacial score (nSPS) is 12.1. The van der Waals surface area contributed by atoms with Crippen molar-refractivity contribution in [1.29, 1.82) is 0 Å². The molecule has 90 valence electrons. The van der Waals surface area contributed by atoms with E-state index in [0.29, 0.717) is 5.41 Å². The minimum Gasteiger partial charge on any atom is -0.305 e. The quantitative estimate of drug-likeness (QED) is 0.744. The highest BCUT2D eigenvalue weighted by atomic mass is 32.1. The van der Waals surface area contributed by atoms with Gasteiger partial charge in [0.1, 0.15) is 0 Å². The molecule has 1 aromatic carbocycles. The first-order valence-electron chi connectivity index (χ1n) is 5.87. The minimum absolute atomic E-state index is 0.300. The molecule has 0 aliphatic carbocycles. The summed E-state index contributed by atoms with van der Waals surface area (Å²) in [6.45, 7) is 6.74. The Balaban J connectivity index is 2.33. The summed E-state index contributed by atoms with van der Waals surface area (Å²) in [4.78, 5) is 2.39. The van der Waals surface area contributed by atoms with Crippen LogP contribution < -0.4 is 0 Å². The molecule has 16 heavy (non-hydrogen) atoms. The molecular weight excluding hydrogens is 214 g/mol. The van der Waals surface area contributed by atoms with Gasteiger partial charge >= 0.3 is 0 Å². The van der Waals surface area contributed by atoms with E-state index in [0.717, 1.165) is 25.3 Å². The Labute approximate surface area is 105 Å². The molecule has 0 aliphatic rings. The maximum absolute atomic E-state index is 4.39. The summed E-state index contributed by atoms with van der Waals surface area (Å²) >= 11 is 4.39. The summed E-state index contributed by atoms with van der Waals surface area (Å²) in [5.74, 6) is 0.933. The molecule has 0 spiro atoms. The molecule has 1 rings (SSSR count). The molecule has 0 aromatic heterocycles. The fourth-order valence-electron chi connectivity index (χ4n) is 1.82. The number of hydrogen-bond acceptors (Lipinski definition) is 2. The zero-order valence-corrected chi connectivity index (χ0v) is 11.5. The van der Waals surface area contributed by atoms with Crippen LogP contribution >= 0.6 is 12.6 Å². The van der Waals surface area contributed by atoms with Crippen molar-refractivity contribution in [2.75, 3.05) is 25.9 Å². The van der Waals surface area contributed by atoms with Crippen LogP contribution in [0.4, 0.5) is 0 Å². The van der Waals surface area contributed by atoms with Crippen molar-refractivity contribution in [2.45, 2.75) is 20.3 Å². The lowest BCUT2D eigenvalue weighted by Gasteiger charge is -2.28.